The first-order valence-electron chi connectivity index (χ1n) is 10.7. The summed E-state index contributed by atoms with van der Waals surface area (Å²) < 4.78 is 6.08. The Kier molecular flexibility index (Phi) is 7.04. The largest absolute Gasteiger partial charge is 0.477 e. The number of ether oxygens (including phenoxy) is 1. The van der Waals surface area contributed by atoms with Gasteiger partial charge in [-0.3, -0.25) is 4.79 Å². The van der Waals surface area contributed by atoms with Gasteiger partial charge in [-0.2, -0.15) is 0 Å². The standard InChI is InChI=1S/C26H26Cl2N2O2/c1-17-7-6-10-22(18(17)2)30-23(16-29-14-13-19-8-4-3-5-9-19)25(26(30)31)32-24-12-11-20(27)15-21(24)28/h3-12,15,23,25,29H,13-14,16H2,1-2H3/t23-,25+/m0/s1. The minimum absolute atomic E-state index is 0.0698. The van der Waals surface area contributed by atoms with Crippen LogP contribution in [0.2, 0.25) is 10.0 Å². The van der Waals surface area contributed by atoms with E-state index in [2.05, 4.69) is 30.4 Å². The summed E-state index contributed by atoms with van der Waals surface area (Å²) in [7, 11) is 0. The summed E-state index contributed by atoms with van der Waals surface area (Å²) >= 11 is 12.3. The lowest BCUT2D eigenvalue weighted by Gasteiger charge is -2.47. The maximum Gasteiger partial charge on any atom is 0.270 e. The van der Waals surface area contributed by atoms with Crippen LogP contribution in [0, 0.1) is 13.8 Å². The molecule has 0 saturated carbocycles. The average Bonchev–Trinajstić information content (AvgIpc) is 2.78. The fourth-order valence-electron chi connectivity index (χ4n) is 3.97. The average molecular weight is 469 g/mol. The van der Waals surface area contributed by atoms with Gasteiger partial charge in [-0.05, 0) is 67.8 Å². The molecule has 0 aliphatic carbocycles. The van der Waals surface area contributed by atoms with Crippen LogP contribution in [0.5, 0.6) is 5.75 Å². The number of nitrogens with one attached hydrogen (secondary N) is 1. The Labute approximate surface area is 199 Å². The van der Waals surface area contributed by atoms with E-state index < -0.39 is 6.10 Å². The van der Waals surface area contributed by atoms with E-state index >= 15 is 0 Å². The second kappa shape index (κ2) is 9.95. The summed E-state index contributed by atoms with van der Waals surface area (Å²) in [5.41, 5.74) is 4.44. The van der Waals surface area contributed by atoms with E-state index in [1.807, 2.05) is 42.2 Å². The van der Waals surface area contributed by atoms with E-state index in [-0.39, 0.29) is 11.9 Å². The molecule has 3 aromatic rings. The van der Waals surface area contributed by atoms with Crippen molar-refractivity contribution in [1.29, 1.82) is 0 Å². The third kappa shape index (κ3) is 4.78. The smallest absolute Gasteiger partial charge is 0.270 e. The van der Waals surface area contributed by atoms with Crippen molar-refractivity contribution in [3.8, 4) is 5.75 Å². The number of amides is 1. The van der Waals surface area contributed by atoms with Crippen LogP contribution in [0.25, 0.3) is 0 Å². The molecule has 166 valence electrons. The first kappa shape index (κ1) is 22.7. The van der Waals surface area contributed by atoms with Gasteiger partial charge < -0.3 is 15.0 Å². The highest BCUT2D eigenvalue weighted by Crippen LogP contribution is 2.36. The summed E-state index contributed by atoms with van der Waals surface area (Å²) in [5.74, 6) is 0.392. The number of aryl methyl sites for hydroxylation is 1. The van der Waals surface area contributed by atoms with E-state index in [0.29, 0.717) is 22.3 Å². The molecule has 4 rings (SSSR count). The van der Waals surface area contributed by atoms with Gasteiger partial charge in [0.25, 0.3) is 5.91 Å². The van der Waals surface area contributed by atoms with Crippen LogP contribution >= 0.6 is 23.2 Å². The van der Waals surface area contributed by atoms with Crippen molar-refractivity contribution in [3.05, 3.63) is 93.5 Å². The molecule has 0 spiro atoms. The predicted molar refractivity (Wildman–Crippen MR) is 131 cm³/mol. The number of hydrogen-bond donors (Lipinski definition) is 1. The summed E-state index contributed by atoms with van der Waals surface area (Å²) in [5, 5.41) is 4.42. The van der Waals surface area contributed by atoms with Crippen molar-refractivity contribution in [2.45, 2.75) is 32.4 Å². The van der Waals surface area contributed by atoms with Gasteiger partial charge in [0.1, 0.15) is 5.75 Å². The van der Waals surface area contributed by atoms with Crippen molar-refractivity contribution in [3.63, 3.8) is 0 Å². The number of nitrogens with zero attached hydrogens (tertiary/aromatic N) is 1. The van der Waals surface area contributed by atoms with Crippen molar-refractivity contribution >= 4 is 34.8 Å². The summed E-state index contributed by atoms with van der Waals surface area (Å²) in [6.07, 6.45) is 0.303. The molecule has 4 nitrogen and oxygen atoms in total. The number of halogens is 2. The number of benzene rings is 3. The molecule has 32 heavy (non-hydrogen) atoms. The number of anilines is 1. The minimum Gasteiger partial charge on any atom is -0.477 e. The van der Waals surface area contributed by atoms with E-state index in [4.69, 9.17) is 27.9 Å². The monoisotopic (exact) mass is 468 g/mol. The molecule has 1 N–H and O–H groups in total. The van der Waals surface area contributed by atoms with Crippen LogP contribution in [0.1, 0.15) is 16.7 Å². The first-order valence-corrected chi connectivity index (χ1v) is 11.5. The fraction of sp³-hybridized carbons (Fsp3) is 0.269. The Bertz CT molecular complexity index is 1100. The van der Waals surface area contributed by atoms with Crippen molar-refractivity contribution in [1.82, 2.24) is 5.32 Å². The third-order valence-corrected chi connectivity index (χ3v) is 6.46. The topological polar surface area (TPSA) is 41.6 Å². The van der Waals surface area contributed by atoms with E-state index in [9.17, 15) is 4.79 Å². The molecule has 1 fully saturated rings. The molecule has 0 unspecified atom stereocenters. The van der Waals surface area contributed by atoms with E-state index in [1.54, 1.807) is 18.2 Å². The van der Waals surface area contributed by atoms with Crippen LogP contribution < -0.4 is 15.0 Å². The first-order chi connectivity index (χ1) is 15.5. The molecule has 0 bridgehead atoms. The summed E-state index contributed by atoms with van der Waals surface area (Å²) in [6, 6.07) is 21.3. The van der Waals surface area contributed by atoms with E-state index in [1.165, 1.54) is 5.56 Å². The third-order valence-electron chi connectivity index (χ3n) is 5.93. The fourth-order valence-corrected chi connectivity index (χ4v) is 4.43. The van der Waals surface area contributed by atoms with Gasteiger partial charge in [-0.15, -0.1) is 0 Å². The second-order valence-corrected chi connectivity index (χ2v) is 8.89. The van der Waals surface area contributed by atoms with Crippen molar-refractivity contribution < 1.29 is 9.53 Å². The molecular formula is C26H26Cl2N2O2. The molecule has 6 heteroatoms. The highest BCUT2D eigenvalue weighted by atomic mass is 35.5. The quantitative estimate of drug-likeness (QED) is 0.345. The molecule has 2 atom stereocenters. The number of rotatable bonds is 8. The molecule has 1 aliphatic heterocycles. The summed E-state index contributed by atoms with van der Waals surface area (Å²) in [4.78, 5) is 15.0. The zero-order valence-corrected chi connectivity index (χ0v) is 19.7. The maximum atomic E-state index is 13.2. The number of carbonyl (C=O) groups is 1. The maximum absolute atomic E-state index is 13.2. The lowest BCUT2D eigenvalue weighted by atomic mass is 9.94. The Morgan fingerprint density at radius 2 is 1.78 bits per heavy atom. The van der Waals surface area contributed by atoms with Gasteiger partial charge in [0.05, 0.1) is 11.1 Å². The Morgan fingerprint density at radius 3 is 2.53 bits per heavy atom. The van der Waals surface area contributed by atoms with Gasteiger partial charge in [0, 0.05) is 17.3 Å². The Hall–Kier alpha value is -2.53. The van der Waals surface area contributed by atoms with Crippen LogP contribution in [0.3, 0.4) is 0 Å². The van der Waals surface area contributed by atoms with Crippen LogP contribution in [0.4, 0.5) is 5.69 Å². The highest BCUT2D eigenvalue weighted by molar-refractivity contribution is 6.35. The molecular weight excluding hydrogens is 443 g/mol. The Balaban J connectivity index is 1.50. The zero-order valence-electron chi connectivity index (χ0n) is 18.1. The normalized spacial score (nSPS) is 17.9. The second-order valence-electron chi connectivity index (χ2n) is 8.05. The van der Waals surface area contributed by atoms with Gasteiger partial charge >= 0.3 is 0 Å². The number of hydrogen-bond acceptors (Lipinski definition) is 3. The number of carbonyl (C=O) groups excluding carboxylic acids is 1. The zero-order chi connectivity index (χ0) is 22.7. The van der Waals surface area contributed by atoms with Crippen LogP contribution in [0.15, 0.2) is 66.7 Å². The van der Waals surface area contributed by atoms with Crippen LogP contribution in [-0.4, -0.2) is 31.1 Å². The summed E-state index contributed by atoms with van der Waals surface area (Å²) in [6.45, 7) is 5.52. The van der Waals surface area contributed by atoms with Crippen molar-refractivity contribution in [2.24, 2.45) is 0 Å². The number of β-lactam (4-membered cyclic amide) rings is 1. The van der Waals surface area contributed by atoms with Crippen LogP contribution in [-0.2, 0) is 11.2 Å². The SMILES string of the molecule is Cc1cccc(N2C(=O)[C@H](Oc3ccc(Cl)cc3Cl)[C@@H]2CNCCc2ccccc2)c1C. The molecule has 1 saturated heterocycles. The molecule has 0 radical (unpaired) electrons. The molecule has 1 aliphatic rings. The predicted octanol–water partition coefficient (Wildman–Crippen LogP) is 5.61. The highest BCUT2D eigenvalue weighted by Gasteiger charge is 2.50. The van der Waals surface area contributed by atoms with Gasteiger partial charge in [-0.25, -0.2) is 0 Å². The van der Waals surface area contributed by atoms with Crippen molar-refractivity contribution in [2.75, 3.05) is 18.0 Å². The van der Waals surface area contributed by atoms with Gasteiger partial charge in [0.2, 0.25) is 0 Å². The van der Waals surface area contributed by atoms with Gasteiger partial charge in [-0.1, -0.05) is 65.7 Å². The van der Waals surface area contributed by atoms with Gasteiger partial charge in [0.15, 0.2) is 6.10 Å². The Morgan fingerprint density at radius 1 is 1.00 bits per heavy atom. The molecule has 0 aromatic heterocycles. The lowest BCUT2D eigenvalue weighted by Crippen LogP contribution is -2.70. The molecule has 1 amide bonds. The molecule has 1 heterocycles. The minimum atomic E-state index is -0.613. The molecule has 3 aromatic carbocycles. The van der Waals surface area contributed by atoms with E-state index in [0.717, 1.165) is 29.8 Å². The lowest BCUT2D eigenvalue weighted by molar-refractivity contribution is -0.134.